The van der Waals surface area contributed by atoms with Gasteiger partial charge in [0.1, 0.15) is 0 Å². The van der Waals surface area contributed by atoms with Crippen LogP contribution in [0.3, 0.4) is 0 Å². The summed E-state index contributed by atoms with van der Waals surface area (Å²) in [5, 5.41) is 8.29. The van der Waals surface area contributed by atoms with Crippen molar-refractivity contribution in [3.05, 3.63) is 29.6 Å². The van der Waals surface area contributed by atoms with Gasteiger partial charge in [-0.15, -0.1) is 0 Å². The van der Waals surface area contributed by atoms with Crippen LogP contribution in [0.5, 0.6) is 0 Å². The molecule has 11 heavy (non-hydrogen) atoms. The summed E-state index contributed by atoms with van der Waals surface area (Å²) in [4.78, 5) is 14.6. The number of aryl methyl sites for hydroxylation is 1. The van der Waals surface area contributed by atoms with E-state index in [2.05, 4.69) is 4.98 Å². The molecule has 0 radical (unpaired) electrons. The fourth-order valence-corrected chi connectivity index (χ4v) is 0.788. The van der Waals surface area contributed by atoms with Crippen molar-refractivity contribution < 1.29 is 10.0 Å². The molecule has 1 aromatic rings. The van der Waals surface area contributed by atoms with Gasteiger partial charge in [0.2, 0.25) is 0 Å². The molecule has 0 aliphatic carbocycles. The second-order valence-corrected chi connectivity index (χ2v) is 2.13. The highest BCUT2D eigenvalue weighted by Crippen LogP contribution is 2.03. The number of aromatic nitrogens is 1. The Hall–Kier alpha value is -1.42. The van der Waals surface area contributed by atoms with E-state index in [1.54, 1.807) is 24.7 Å². The maximum atomic E-state index is 10.8. The van der Waals surface area contributed by atoms with E-state index in [0.29, 0.717) is 5.56 Å². The molecule has 58 valence electrons. The molecule has 4 nitrogen and oxygen atoms in total. The zero-order valence-electron chi connectivity index (χ0n) is 6.03. The molecule has 1 amide bonds. The molecule has 0 bridgehead atoms. The third-order valence-corrected chi connectivity index (χ3v) is 1.37. The SMILES string of the molecule is Cc1cnccc1C(=O)NO. The first-order chi connectivity index (χ1) is 5.25. The molecule has 1 rings (SSSR count). The van der Waals surface area contributed by atoms with Crippen LogP contribution in [0.25, 0.3) is 0 Å². The minimum absolute atomic E-state index is 0.433. The summed E-state index contributed by atoms with van der Waals surface area (Å²) >= 11 is 0. The molecule has 0 atom stereocenters. The number of hydrogen-bond donors (Lipinski definition) is 2. The second kappa shape index (κ2) is 3.12. The van der Waals surface area contributed by atoms with Crippen molar-refractivity contribution in [3.8, 4) is 0 Å². The highest BCUT2D eigenvalue weighted by molar-refractivity contribution is 5.94. The van der Waals surface area contributed by atoms with Crippen LogP contribution in [0.4, 0.5) is 0 Å². The fourth-order valence-electron chi connectivity index (χ4n) is 0.788. The van der Waals surface area contributed by atoms with Crippen molar-refractivity contribution in [1.29, 1.82) is 0 Å². The number of amides is 1. The zero-order chi connectivity index (χ0) is 8.27. The highest BCUT2D eigenvalue weighted by atomic mass is 16.5. The van der Waals surface area contributed by atoms with Gasteiger partial charge in [0.25, 0.3) is 5.91 Å². The molecule has 0 aromatic carbocycles. The molecule has 1 aromatic heterocycles. The first-order valence-electron chi connectivity index (χ1n) is 3.10. The first kappa shape index (κ1) is 7.68. The van der Waals surface area contributed by atoms with Gasteiger partial charge in [0.05, 0.1) is 0 Å². The van der Waals surface area contributed by atoms with Crippen LogP contribution < -0.4 is 5.48 Å². The van der Waals surface area contributed by atoms with Gasteiger partial charge in [-0.05, 0) is 18.6 Å². The van der Waals surface area contributed by atoms with E-state index < -0.39 is 5.91 Å². The number of carbonyl (C=O) groups is 1. The van der Waals surface area contributed by atoms with Crippen LogP contribution in [0.2, 0.25) is 0 Å². The van der Waals surface area contributed by atoms with Gasteiger partial charge in [-0.2, -0.15) is 0 Å². The molecule has 0 saturated carbocycles. The molecular weight excluding hydrogens is 144 g/mol. The lowest BCUT2D eigenvalue weighted by Gasteiger charge is -2.00. The van der Waals surface area contributed by atoms with Gasteiger partial charge >= 0.3 is 0 Å². The number of pyridine rings is 1. The van der Waals surface area contributed by atoms with Gasteiger partial charge in [-0.3, -0.25) is 15.0 Å². The van der Waals surface area contributed by atoms with Crippen LogP contribution in [0, 0.1) is 6.92 Å². The Morgan fingerprint density at radius 1 is 1.73 bits per heavy atom. The van der Waals surface area contributed by atoms with E-state index in [9.17, 15) is 4.79 Å². The molecular formula is C7H8N2O2. The van der Waals surface area contributed by atoms with Crippen molar-refractivity contribution in [1.82, 2.24) is 10.5 Å². The normalized spacial score (nSPS) is 9.27. The number of carbonyl (C=O) groups excluding carboxylic acids is 1. The summed E-state index contributed by atoms with van der Waals surface area (Å²) in [7, 11) is 0. The lowest BCUT2D eigenvalue weighted by atomic mass is 10.1. The Morgan fingerprint density at radius 3 is 3.00 bits per heavy atom. The van der Waals surface area contributed by atoms with Crippen LogP contribution in [0.15, 0.2) is 18.5 Å². The largest absolute Gasteiger partial charge is 0.288 e. The Balaban J connectivity index is 3.03. The van der Waals surface area contributed by atoms with E-state index in [-0.39, 0.29) is 0 Å². The van der Waals surface area contributed by atoms with Crippen molar-refractivity contribution in [2.45, 2.75) is 6.92 Å². The standard InChI is InChI=1S/C7H8N2O2/c1-5-4-8-3-2-6(5)7(10)9-11/h2-4,11H,1H3,(H,9,10). The molecule has 0 aliphatic rings. The summed E-state index contributed by atoms with van der Waals surface area (Å²) in [6.45, 7) is 1.75. The van der Waals surface area contributed by atoms with Gasteiger partial charge in [0.15, 0.2) is 0 Å². The summed E-state index contributed by atoms with van der Waals surface area (Å²) in [6.07, 6.45) is 3.06. The Labute approximate surface area is 63.8 Å². The maximum absolute atomic E-state index is 10.8. The molecule has 2 N–H and O–H groups in total. The second-order valence-electron chi connectivity index (χ2n) is 2.13. The van der Waals surface area contributed by atoms with Gasteiger partial charge < -0.3 is 0 Å². The molecule has 0 fully saturated rings. The average molecular weight is 152 g/mol. The average Bonchev–Trinajstić information content (AvgIpc) is 2.04. The van der Waals surface area contributed by atoms with Crippen LogP contribution in [-0.2, 0) is 0 Å². The van der Waals surface area contributed by atoms with Gasteiger partial charge in [0, 0.05) is 18.0 Å². The Morgan fingerprint density at radius 2 is 2.45 bits per heavy atom. The Kier molecular flexibility index (Phi) is 2.18. The zero-order valence-corrected chi connectivity index (χ0v) is 6.03. The van der Waals surface area contributed by atoms with Crippen molar-refractivity contribution in [3.63, 3.8) is 0 Å². The smallest absolute Gasteiger partial charge is 0.275 e. The van der Waals surface area contributed by atoms with Crippen molar-refractivity contribution in [2.24, 2.45) is 0 Å². The summed E-state index contributed by atoms with van der Waals surface area (Å²) < 4.78 is 0. The lowest BCUT2D eigenvalue weighted by Crippen LogP contribution is -2.19. The van der Waals surface area contributed by atoms with E-state index >= 15 is 0 Å². The van der Waals surface area contributed by atoms with Crippen molar-refractivity contribution >= 4 is 5.91 Å². The fraction of sp³-hybridized carbons (Fsp3) is 0.143. The van der Waals surface area contributed by atoms with Crippen LogP contribution in [0.1, 0.15) is 15.9 Å². The molecule has 4 heteroatoms. The van der Waals surface area contributed by atoms with Crippen LogP contribution in [-0.4, -0.2) is 16.1 Å². The maximum Gasteiger partial charge on any atom is 0.275 e. The summed E-state index contributed by atoms with van der Waals surface area (Å²) in [5.41, 5.74) is 2.72. The van der Waals surface area contributed by atoms with E-state index in [4.69, 9.17) is 5.21 Å². The topological polar surface area (TPSA) is 62.2 Å². The van der Waals surface area contributed by atoms with E-state index in [1.165, 1.54) is 6.20 Å². The molecule has 1 heterocycles. The summed E-state index contributed by atoms with van der Waals surface area (Å²) in [5.74, 6) is -0.509. The quantitative estimate of drug-likeness (QED) is 0.455. The molecule has 0 unspecified atom stereocenters. The lowest BCUT2D eigenvalue weighted by molar-refractivity contribution is 0.0705. The predicted molar refractivity (Wildman–Crippen MR) is 38.2 cm³/mol. The van der Waals surface area contributed by atoms with Gasteiger partial charge in [-0.25, -0.2) is 5.48 Å². The molecule has 0 aliphatic heterocycles. The Bertz CT molecular complexity index is 273. The van der Waals surface area contributed by atoms with Crippen LogP contribution >= 0.6 is 0 Å². The molecule has 0 saturated heterocycles. The molecule has 0 spiro atoms. The predicted octanol–water partition coefficient (Wildman–Crippen LogP) is 0.509. The van der Waals surface area contributed by atoms with E-state index in [1.807, 2.05) is 0 Å². The van der Waals surface area contributed by atoms with Crippen molar-refractivity contribution in [2.75, 3.05) is 0 Å². The number of hydrogen-bond acceptors (Lipinski definition) is 3. The number of hydroxylamine groups is 1. The number of nitrogens with zero attached hydrogens (tertiary/aromatic N) is 1. The highest BCUT2D eigenvalue weighted by Gasteiger charge is 2.05. The number of nitrogens with one attached hydrogen (secondary N) is 1. The van der Waals surface area contributed by atoms with E-state index in [0.717, 1.165) is 5.56 Å². The minimum atomic E-state index is -0.509. The first-order valence-corrected chi connectivity index (χ1v) is 3.10. The third-order valence-electron chi connectivity index (χ3n) is 1.37. The van der Waals surface area contributed by atoms with Gasteiger partial charge in [-0.1, -0.05) is 0 Å². The monoisotopic (exact) mass is 152 g/mol. The third kappa shape index (κ3) is 1.53. The minimum Gasteiger partial charge on any atom is -0.288 e. The summed E-state index contributed by atoms with van der Waals surface area (Å²) in [6, 6.07) is 1.54. The number of rotatable bonds is 1.